The average molecular weight is 390 g/mol. The molecule has 1 fully saturated rings. The van der Waals surface area contributed by atoms with E-state index in [1.807, 2.05) is 18.7 Å². The Morgan fingerprint density at radius 2 is 2.04 bits per heavy atom. The predicted octanol–water partition coefficient (Wildman–Crippen LogP) is 3.13. The summed E-state index contributed by atoms with van der Waals surface area (Å²) < 4.78 is 33.2. The number of methoxy groups -OCH3 is 1. The van der Waals surface area contributed by atoms with Gasteiger partial charge in [-0.3, -0.25) is 4.98 Å². The van der Waals surface area contributed by atoms with Gasteiger partial charge in [0.05, 0.1) is 24.5 Å². The number of amides is 2. The maximum absolute atomic E-state index is 14.3. The summed E-state index contributed by atoms with van der Waals surface area (Å²) in [5.74, 6) is -0.971. The SMILES string of the molecule is COc1cc([C@@H](C)C2(C)CN(c3ccncc3F)CCN2C(N)=O)ccc1F. The molecule has 2 N–H and O–H groups in total. The number of anilines is 1. The second-order valence-electron chi connectivity index (χ2n) is 7.21. The molecule has 8 heteroatoms. The molecule has 0 bridgehead atoms. The first-order chi connectivity index (χ1) is 13.3. The Hall–Kier alpha value is -2.90. The number of aromatic nitrogens is 1. The van der Waals surface area contributed by atoms with Crippen LogP contribution in [0.25, 0.3) is 0 Å². The van der Waals surface area contributed by atoms with Gasteiger partial charge in [-0.15, -0.1) is 0 Å². The van der Waals surface area contributed by atoms with Gasteiger partial charge in [-0.2, -0.15) is 0 Å². The molecule has 2 atom stereocenters. The minimum atomic E-state index is -0.747. The molecule has 1 unspecified atom stereocenters. The monoisotopic (exact) mass is 390 g/mol. The number of nitrogens with two attached hydrogens (primary N) is 1. The number of ether oxygens (including phenoxy) is 1. The van der Waals surface area contributed by atoms with E-state index in [0.29, 0.717) is 25.3 Å². The second-order valence-corrected chi connectivity index (χ2v) is 7.21. The topological polar surface area (TPSA) is 71.7 Å². The Morgan fingerprint density at radius 3 is 2.68 bits per heavy atom. The van der Waals surface area contributed by atoms with Crippen LogP contribution in [0.1, 0.15) is 25.3 Å². The standard InChI is InChI=1S/C20H24F2N4O2/c1-13(14-4-5-15(21)18(10-14)28-3)20(2)12-25(8-9-26(20)19(23)27)17-6-7-24-11-16(17)22/h4-7,10-11,13H,8-9,12H2,1-3H3,(H2,23,27)/t13-,20?/m1/s1. The number of halogens is 2. The summed E-state index contributed by atoms with van der Waals surface area (Å²) in [6.45, 7) is 4.99. The van der Waals surface area contributed by atoms with Crippen LogP contribution in [-0.2, 0) is 0 Å². The quantitative estimate of drug-likeness (QED) is 0.871. The number of pyridine rings is 1. The van der Waals surface area contributed by atoms with Crippen LogP contribution in [0.2, 0.25) is 0 Å². The fourth-order valence-corrected chi connectivity index (χ4v) is 3.89. The maximum atomic E-state index is 14.3. The number of carbonyl (C=O) groups is 1. The van der Waals surface area contributed by atoms with E-state index in [1.54, 1.807) is 23.1 Å². The van der Waals surface area contributed by atoms with Crippen molar-refractivity contribution in [3.63, 3.8) is 0 Å². The molecule has 28 heavy (non-hydrogen) atoms. The van der Waals surface area contributed by atoms with Crippen LogP contribution in [0.4, 0.5) is 19.3 Å². The summed E-state index contributed by atoms with van der Waals surface area (Å²) in [5.41, 5.74) is 6.13. The van der Waals surface area contributed by atoms with Crippen molar-refractivity contribution in [2.24, 2.45) is 5.73 Å². The zero-order valence-electron chi connectivity index (χ0n) is 16.2. The minimum absolute atomic E-state index is 0.131. The Balaban J connectivity index is 1.99. The number of urea groups is 1. The molecule has 3 rings (SSSR count). The number of carbonyl (C=O) groups excluding carboxylic acids is 1. The zero-order valence-corrected chi connectivity index (χ0v) is 16.2. The van der Waals surface area contributed by atoms with Crippen molar-refractivity contribution >= 4 is 11.7 Å². The highest BCUT2D eigenvalue weighted by Gasteiger charge is 2.45. The van der Waals surface area contributed by atoms with E-state index in [4.69, 9.17) is 10.5 Å². The molecule has 2 amide bonds. The van der Waals surface area contributed by atoms with Crippen LogP contribution < -0.4 is 15.4 Å². The maximum Gasteiger partial charge on any atom is 0.315 e. The molecule has 6 nitrogen and oxygen atoms in total. The number of primary amides is 1. The van der Waals surface area contributed by atoms with Crippen LogP contribution in [-0.4, -0.2) is 48.2 Å². The fraction of sp³-hybridized carbons (Fsp3) is 0.400. The van der Waals surface area contributed by atoms with Crippen LogP contribution in [0.3, 0.4) is 0 Å². The van der Waals surface area contributed by atoms with Crippen molar-refractivity contribution in [1.29, 1.82) is 0 Å². The number of rotatable bonds is 4. The molecule has 1 saturated heterocycles. The molecule has 2 aromatic rings. The van der Waals surface area contributed by atoms with Gasteiger partial charge in [-0.1, -0.05) is 13.0 Å². The van der Waals surface area contributed by atoms with Gasteiger partial charge in [0.25, 0.3) is 0 Å². The summed E-state index contributed by atoms with van der Waals surface area (Å²) in [4.78, 5) is 19.4. The van der Waals surface area contributed by atoms with Crippen molar-refractivity contribution in [2.45, 2.75) is 25.3 Å². The molecular formula is C20H24F2N4O2. The van der Waals surface area contributed by atoms with E-state index in [9.17, 15) is 13.6 Å². The third-order valence-corrected chi connectivity index (χ3v) is 5.69. The van der Waals surface area contributed by atoms with Gasteiger partial charge in [0.2, 0.25) is 0 Å². The lowest BCUT2D eigenvalue weighted by molar-refractivity contribution is 0.0996. The average Bonchev–Trinajstić information content (AvgIpc) is 2.67. The van der Waals surface area contributed by atoms with E-state index in [2.05, 4.69) is 4.98 Å². The van der Waals surface area contributed by atoms with Crippen molar-refractivity contribution in [3.05, 3.63) is 53.9 Å². The number of hydrogen-bond acceptors (Lipinski definition) is 4. The number of benzene rings is 1. The molecular weight excluding hydrogens is 366 g/mol. The zero-order chi connectivity index (χ0) is 20.5. The first kappa shape index (κ1) is 19.9. The fourth-order valence-electron chi connectivity index (χ4n) is 3.89. The minimum Gasteiger partial charge on any atom is -0.494 e. The lowest BCUT2D eigenvalue weighted by Gasteiger charge is -2.52. The van der Waals surface area contributed by atoms with Crippen LogP contribution in [0, 0.1) is 11.6 Å². The molecule has 1 aliphatic rings. The Morgan fingerprint density at radius 1 is 1.29 bits per heavy atom. The predicted molar refractivity (Wildman–Crippen MR) is 102 cm³/mol. The third kappa shape index (κ3) is 3.46. The largest absolute Gasteiger partial charge is 0.494 e. The molecule has 0 aliphatic carbocycles. The summed E-state index contributed by atoms with van der Waals surface area (Å²) >= 11 is 0. The second kappa shape index (κ2) is 7.61. The summed E-state index contributed by atoms with van der Waals surface area (Å²) in [6, 6.07) is 5.70. The van der Waals surface area contributed by atoms with E-state index < -0.39 is 23.2 Å². The van der Waals surface area contributed by atoms with Gasteiger partial charge in [-0.25, -0.2) is 13.6 Å². The Labute approximate surface area is 162 Å². The normalized spacial score (nSPS) is 20.8. The lowest BCUT2D eigenvalue weighted by atomic mass is 9.78. The smallest absolute Gasteiger partial charge is 0.315 e. The van der Waals surface area contributed by atoms with Crippen molar-refractivity contribution in [2.75, 3.05) is 31.6 Å². The van der Waals surface area contributed by atoms with Gasteiger partial charge in [0.15, 0.2) is 17.4 Å². The van der Waals surface area contributed by atoms with Crippen molar-refractivity contribution < 1.29 is 18.3 Å². The lowest BCUT2D eigenvalue weighted by Crippen LogP contribution is -2.66. The van der Waals surface area contributed by atoms with Gasteiger partial charge < -0.3 is 20.3 Å². The van der Waals surface area contributed by atoms with Gasteiger partial charge in [0, 0.05) is 31.7 Å². The molecule has 0 saturated carbocycles. The first-order valence-electron chi connectivity index (χ1n) is 9.03. The Bertz CT molecular complexity index is 879. The highest BCUT2D eigenvalue weighted by Crippen LogP contribution is 2.39. The number of hydrogen-bond donors (Lipinski definition) is 1. The molecule has 1 aromatic heterocycles. The van der Waals surface area contributed by atoms with E-state index >= 15 is 0 Å². The number of nitrogens with zero attached hydrogens (tertiary/aromatic N) is 3. The Kier molecular flexibility index (Phi) is 5.40. The molecule has 1 aliphatic heterocycles. The van der Waals surface area contributed by atoms with E-state index in [-0.39, 0.29) is 11.7 Å². The summed E-state index contributed by atoms with van der Waals surface area (Å²) in [7, 11) is 1.40. The summed E-state index contributed by atoms with van der Waals surface area (Å²) in [6.07, 6.45) is 2.70. The third-order valence-electron chi connectivity index (χ3n) is 5.69. The molecule has 150 valence electrons. The van der Waals surface area contributed by atoms with Gasteiger partial charge >= 0.3 is 6.03 Å². The van der Waals surface area contributed by atoms with Crippen LogP contribution >= 0.6 is 0 Å². The van der Waals surface area contributed by atoms with Gasteiger partial charge in [0.1, 0.15) is 0 Å². The number of piperazine rings is 1. The molecule has 0 radical (unpaired) electrons. The summed E-state index contributed by atoms with van der Waals surface area (Å²) in [5, 5.41) is 0. The van der Waals surface area contributed by atoms with E-state index in [0.717, 1.165) is 5.56 Å². The molecule has 2 heterocycles. The van der Waals surface area contributed by atoms with Gasteiger partial charge in [-0.05, 0) is 30.7 Å². The first-order valence-corrected chi connectivity index (χ1v) is 9.03. The van der Waals surface area contributed by atoms with Crippen molar-refractivity contribution in [1.82, 2.24) is 9.88 Å². The molecule has 1 aromatic carbocycles. The highest BCUT2D eigenvalue weighted by molar-refractivity contribution is 5.74. The van der Waals surface area contributed by atoms with Crippen molar-refractivity contribution in [3.8, 4) is 5.75 Å². The van der Waals surface area contributed by atoms with Crippen LogP contribution in [0.5, 0.6) is 5.75 Å². The molecule has 0 spiro atoms. The highest BCUT2D eigenvalue weighted by atomic mass is 19.1. The van der Waals surface area contributed by atoms with Crippen LogP contribution in [0.15, 0.2) is 36.7 Å². The van der Waals surface area contributed by atoms with E-state index in [1.165, 1.54) is 25.6 Å².